The summed E-state index contributed by atoms with van der Waals surface area (Å²) in [5, 5.41) is 6.02. The van der Waals surface area contributed by atoms with Crippen molar-refractivity contribution in [2.75, 3.05) is 5.32 Å². The zero-order valence-corrected chi connectivity index (χ0v) is 14.1. The van der Waals surface area contributed by atoms with Crippen LogP contribution in [-0.2, 0) is 0 Å². The van der Waals surface area contributed by atoms with Gasteiger partial charge in [-0.15, -0.1) is 0 Å². The van der Waals surface area contributed by atoms with Crippen LogP contribution in [0, 0.1) is 0 Å². The van der Waals surface area contributed by atoms with Crippen LogP contribution in [0.4, 0.5) is 5.69 Å². The molecule has 0 aromatic heterocycles. The Morgan fingerprint density at radius 1 is 0.957 bits per heavy atom. The maximum Gasteiger partial charge on any atom is 0.257 e. The Balaban J connectivity index is 2.16. The Morgan fingerprint density at radius 2 is 1.65 bits per heavy atom. The molecule has 0 saturated carbocycles. The lowest BCUT2D eigenvalue weighted by molar-refractivity contribution is 0.0918. The lowest BCUT2D eigenvalue weighted by Gasteiger charge is -2.20. The van der Waals surface area contributed by atoms with Crippen molar-refractivity contribution in [3.63, 3.8) is 0 Å². The third-order valence-electron chi connectivity index (χ3n) is 2.99. The summed E-state index contributed by atoms with van der Waals surface area (Å²) in [5.74, 6) is -0.504. The van der Waals surface area contributed by atoms with Gasteiger partial charge >= 0.3 is 0 Å². The third-order valence-corrected chi connectivity index (χ3v) is 3.32. The lowest BCUT2D eigenvalue weighted by atomic mass is 10.1. The van der Waals surface area contributed by atoms with E-state index in [1.165, 1.54) is 0 Å². The highest BCUT2D eigenvalue weighted by molar-refractivity contribution is 6.34. The number of carbonyl (C=O) groups excluding carboxylic acids is 2. The van der Waals surface area contributed by atoms with Crippen LogP contribution in [0.3, 0.4) is 0 Å². The molecule has 2 N–H and O–H groups in total. The average Bonchev–Trinajstić information content (AvgIpc) is 2.46. The van der Waals surface area contributed by atoms with Crippen LogP contribution in [0.5, 0.6) is 0 Å². The molecule has 2 amide bonds. The molecular weight excluding hydrogens is 312 g/mol. The zero-order valence-electron chi connectivity index (χ0n) is 13.3. The molecule has 0 aliphatic rings. The van der Waals surface area contributed by atoms with Gasteiger partial charge in [-0.05, 0) is 51.1 Å². The number of amides is 2. The molecule has 23 heavy (non-hydrogen) atoms. The summed E-state index contributed by atoms with van der Waals surface area (Å²) in [5.41, 5.74) is 1.08. The molecule has 0 fully saturated rings. The van der Waals surface area contributed by atoms with E-state index >= 15 is 0 Å². The Hall–Kier alpha value is -2.33. The largest absolute Gasteiger partial charge is 0.347 e. The van der Waals surface area contributed by atoms with Gasteiger partial charge in [0.2, 0.25) is 0 Å². The fourth-order valence-corrected chi connectivity index (χ4v) is 2.22. The number of carbonyl (C=O) groups is 2. The highest BCUT2D eigenvalue weighted by atomic mass is 35.5. The predicted molar refractivity (Wildman–Crippen MR) is 93.1 cm³/mol. The molecule has 0 heterocycles. The molecule has 120 valence electrons. The van der Waals surface area contributed by atoms with Crippen LogP contribution in [0.2, 0.25) is 5.02 Å². The highest BCUT2D eigenvalue weighted by Gasteiger charge is 2.16. The summed E-state index contributed by atoms with van der Waals surface area (Å²) in [6.07, 6.45) is 0. The first-order valence-electron chi connectivity index (χ1n) is 7.25. The molecule has 0 atom stereocenters. The van der Waals surface area contributed by atoms with E-state index < -0.39 is 0 Å². The summed E-state index contributed by atoms with van der Waals surface area (Å²) in [7, 11) is 0. The minimum absolute atomic E-state index is 0.189. The van der Waals surface area contributed by atoms with Crippen molar-refractivity contribution in [2.45, 2.75) is 26.3 Å². The quantitative estimate of drug-likeness (QED) is 0.889. The Kier molecular flexibility index (Phi) is 5.06. The fraction of sp³-hybridized carbons (Fsp3) is 0.222. The van der Waals surface area contributed by atoms with Crippen LogP contribution >= 0.6 is 11.6 Å². The molecule has 2 aromatic carbocycles. The predicted octanol–water partition coefficient (Wildman–Crippen LogP) is 4.12. The van der Waals surface area contributed by atoms with E-state index in [0.29, 0.717) is 21.8 Å². The van der Waals surface area contributed by atoms with Crippen molar-refractivity contribution >= 4 is 29.1 Å². The smallest absolute Gasteiger partial charge is 0.257 e. The lowest BCUT2D eigenvalue weighted by Crippen LogP contribution is -2.40. The second-order valence-corrected chi connectivity index (χ2v) is 6.63. The highest BCUT2D eigenvalue weighted by Crippen LogP contribution is 2.18. The summed E-state index contributed by atoms with van der Waals surface area (Å²) < 4.78 is 0. The van der Waals surface area contributed by atoms with Crippen molar-refractivity contribution in [2.24, 2.45) is 0 Å². The van der Waals surface area contributed by atoms with Crippen LogP contribution < -0.4 is 10.6 Å². The van der Waals surface area contributed by atoms with Crippen LogP contribution in [0.25, 0.3) is 0 Å². The summed E-state index contributed by atoms with van der Waals surface area (Å²) in [6, 6.07) is 13.6. The number of halogens is 1. The first-order chi connectivity index (χ1) is 10.8. The number of anilines is 1. The third kappa shape index (κ3) is 4.83. The molecule has 0 unspecified atom stereocenters. The van der Waals surface area contributed by atoms with E-state index in [-0.39, 0.29) is 17.4 Å². The van der Waals surface area contributed by atoms with Gasteiger partial charge in [0.1, 0.15) is 0 Å². The van der Waals surface area contributed by atoms with Gasteiger partial charge < -0.3 is 10.6 Å². The normalized spacial score (nSPS) is 11.0. The van der Waals surface area contributed by atoms with Crippen LogP contribution in [0.1, 0.15) is 41.5 Å². The van der Waals surface area contributed by atoms with E-state index in [2.05, 4.69) is 10.6 Å². The molecule has 0 saturated heterocycles. The molecule has 0 spiro atoms. The van der Waals surface area contributed by atoms with E-state index in [4.69, 9.17) is 11.6 Å². The minimum atomic E-state index is -0.325. The number of hydrogen-bond acceptors (Lipinski definition) is 2. The summed E-state index contributed by atoms with van der Waals surface area (Å²) in [4.78, 5) is 24.4. The van der Waals surface area contributed by atoms with Gasteiger partial charge in [0.25, 0.3) is 11.8 Å². The number of nitrogens with one attached hydrogen (secondary N) is 2. The van der Waals surface area contributed by atoms with E-state index in [1.54, 1.807) is 48.5 Å². The monoisotopic (exact) mass is 330 g/mol. The standard InChI is InChI=1S/C18H19ClN2O2/c1-18(2,3)21-16(22)12-7-6-8-13(11-12)20-17(23)14-9-4-5-10-15(14)19/h4-11H,1-3H3,(H,20,23)(H,21,22). The maximum absolute atomic E-state index is 12.2. The zero-order chi connectivity index (χ0) is 17.0. The van der Waals surface area contributed by atoms with Crippen LogP contribution in [-0.4, -0.2) is 17.4 Å². The van der Waals surface area contributed by atoms with Gasteiger partial charge in [-0.1, -0.05) is 29.8 Å². The number of rotatable bonds is 3. The van der Waals surface area contributed by atoms with E-state index in [9.17, 15) is 9.59 Å². The van der Waals surface area contributed by atoms with Crippen molar-refractivity contribution < 1.29 is 9.59 Å². The Labute approximate surface area is 140 Å². The fourth-order valence-electron chi connectivity index (χ4n) is 1.99. The first kappa shape index (κ1) is 17.0. The van der Waals surface area contributed by atoms with Crippen molar-refractivity contribution in [3.8, 4) is 0 Å². The molecule has 0 bridgehead atoms. The molecule has 4 nitrogen and oxygen atoms in total. The molecule has 2 aromatic rings. The second kappa shape index (κ2) is 6.84. The molecule has 5 heteroatoms. The van der Waals surface area contributed by atoms with Gasteiger partial charge in [-0.2, -0.15) is 0 Å². The molecule has 0 aliphatic heterocycles. The summed E-state index contributed by atoms with van der Waals surface area (Å²) >= 11 is 6.01. The van der Waals surface area contributed by atoms with Crippen LogP contribution in [0.15, 0.2) is 48.5 Å². The molecule has 0 radical (unpaired) electrons. The summed E-state index contributed by atoms with van der Waals surface area (Å²) in [6.45, 7) is 5.73. The van der Waals surface area contributed by atoms with Crippen molar-refractivity contribution in [1.29, 1.82) is 0 Å². The maximum atomic E-state index is 12.2. The van der Waals surface area contributed by atoms with E-state index in [1.807, 2.05) is 20.8 Å². The van der Waals surface area contributed by atoms with Gasteiger partial charge in [-0.3, -0.25) is 9.59 Å². The minimum Gasteiger partial charge on any atom is -0.347 e. The SMILES string of the molecule is CC(C)(C)NC(=O)c1cccc(NC(=O)c2ccccc2Cl)c1. The Morgan fingerprint density at radius 3 is 2.30 bits per heavy atom. The molecule has 2 rings (SSSR count). The topological polar surface area (TPSA) is 58.2 Å². The number of benzene rings is 2. The molecule has 0 aliphatic carbocycles. The average molecular weight is 331 g/mol. The van der Waals surface area contributed by atoms with Crippen molar-refractivity contribution in [3.05, 3.63) is 64.7 Å². The second-order valence-electron chi connectivity index (χ2n) is 6.22. The van der Waals surface area contributed by atoms with Crippen molar-refractivity contribution in [1.82, 2.24) is 5.32 Å². The van der Waals surface area contributed by atoms with Gasteiger partial charge in [0, 0.05) is 16.8 Å². The number of hydrogen-bond donors (Lipinski definition) is 2. The first-order valence-corrected chi connectivity index (χ1v) is 7.62. The van der Waals surface area contributed by atoms with Gasteiger partial charge in [0.05, 0.1) is 10.6 Å². The van der Waals surface area contributed by atoms with Gasteiger partial charge in [0.15, 0.2) is 0 Å². The van der Waals surface area contributed by atoms with Gasteiger partial charge in [-0.25, -0.2) is 0 Å². The molecular formula is C18H19ClN2O2. The van der Waals surface area contributed by atoms with E-state index in [0.717, 1.165) is 0 Å². The Bertz CT molecular complexity index is 736.